The fourth-order valence-corrected chi connectivity index (χ4v) is 2.64. The number of para-hydroxylation sites is 1. The van der Waals surface area contributed by atoms with E-state index >= 15 is 0 Å². The summed E-state index contributed by atoms with van der Waals surface area (Å²) in [4.78, 5) is 10.6. The van der Waals surface area contributed by atoms with Crippen LogP contribution in [0.15, 0.2) is 46.9 Å². The van der Waals surface area contributed by atoms with Crippen molar-refractivity contribution >= 4 is 21.6 Å². The summed E-state index contributed by atoms with van der Waals surface area (Å²) in [5.41, 5.74) is 2.32. The molecule has 0 aliphatic carbocycles. The summed E-state index contributed by atoms with van der Waals surface area (Å²) < 4.78 is 0.839. The van der Waals surface area contributed by atoms with Crippen LogP contribution in [0.25, 0.3) is 0 Å². The van der Waals surface area contributed by atoms with Gasteiger partial charge in [-0.2, -0.15) is 0 Å². The quantitative estimate of drug-likeness (QED) is 0.679. The van der Waals surface area contributed by atoms with Gasteiger partial charge in [-0.1, -0.05) is 52.3 Å². The van der Waals surface area contributed by atoms with Crippen LogP contribution in [-0.2, 0) is 6.42 Å². The predicted octanol–water partition coefficient (Wildman–Crippen LogP) is 3.94. The number of aliphatic hydroxyl groups excluding tert-OH is 1. The molecule has 0 aliphatic rings. The molecular formula is C15H14BrNO3. The zero-order valence-corrected chi connectivity index (χ0v) is 12.5. The fraction of sp³-hybridized carbons (Fsp3) is 0.200. The lowest BCUT2D eigenvalue weighted by Crippen LogP contribution is -2.05. The number of aliphatic hydroxyl groups is 1. The number of nitro benzene ring substituents is 1. The van der Waals surface area contributed by atoms with E-state index < -0.39 is 11.0 Å². The zero-order chi connectivity index (χ0) is 14.7. The maximum absolute atomic E-state index is 11.0. The predicted molar refractivity (Wildman–Crippen MR) is 80.6 cm³/mol. The van der Waals surface area contributed by atoms with Crippen LogP contribution in [0.1, 0.15) is 22.8 Å². The van der Waals surface area contributed by atoms with Crippen LogP contribution in [0.3, 0.4) is 0 Å². The Labute approximate surface area is 125 Å². The molecule has 2 aromatic carbocycles. The topological polar surface area (TPSA) is 63.4 Å². The summed E-state index contributed by atoms with van der Waals surface area (Å²) in [6.07, 6.45) is -0.579. The standard InChI is InChI=1S/C15H14BrNO3/c1-10-5-4-7-12(15(10)16)14(18)9-11-6-2-3-8-13(11)17(19)20/h2-8,14,18H,9H2,1H3. The van der Waals surface area contributed by atoms with Crippen molar-refractivity contribution in [1.29, 1.82) is 0 Å². The minimum Gasteiger partial charge on any atom is -0.388 e. The smallest absolute Gasteiger partial charge is 0.272 e. The summed E-state index contributed by atoms with van der Waals surface area (Å²) in [6.45, 7) is 1.94. The lowest BCUT2D eigenvalue weighted by Gasteiger charge is -2.14. The van der Waals surface area contributed by atoms with Crippen LogP contribution in [-0.4, -0.2) is 10.0 Å². The molecule has 1 atom stereocenters. The lowest BCUT2D eigenvalue weighted by molar-refractivity contribution is -0.385. The third-order valence-corrected chi connectivity index (χ3v) is 4.27. The number of hydrogen-bond donors (Lipinski definition) is 1. The molecule has 0 aliphatic heterocycles. The fourth-order valence-electron chi connectivity index (χ4n) is 2.11. The van der Waals surface area contributed by atoms with Gasteiger partial charge in [0, 0.05) is 22.5 Å². The first-order valence-electron chi connectivity index (χ1n) is 6.16. The molecule has 0 heterocycles. The second-order valence-corrected chi connectivity index (χ2v) is 5.38. The van der Waals surface area contributed by atoms with Crippen LogP contribution in [0.4, 0.5) is 5.69 Å². The number of nitrogens with zero attached hydrogens (tertiary/aromatic N) is 1. The maximum Gasteiger partial charge on any atom is 0.272 e. The summed E-state index contributed by atoms with van der Waals surface area (Å²) in [7, 11) is 0. The molecule has 1 N–H and O–H groups in total. The van der Waals surface area contributed by atoms with E-state index in [-0.39, 0.29) is 12.1 Å². The molecule has 2 aromatic rings. The van der Waals surface area contributed by atoms with E-state index in [1.807, 2.05) is 25.1 Å². The summed E-state index contributed by atoms with van der Waals surface area (Å²) >= 11 is 3.45. The van der Waals surface area contributed by atoms with Crippen LogP contribution in [0.2, 0.25) is 0 Å². The first kappa shape index (κ1) is 14.7. The molecule has 0 amide bonds. The zero-order valence-electron chi connectivity index (χ0n) is 10.9. The van der Waals surface area contributed by atoms with Gasteiger partial charge in [-0.3, -0.25) is 10.1 Å². The first-order valence-corrected chi connectivity index (χ1v) is 6.95. The number of aryl methyl sites for hydroxylation is 1. The van der Waals surface area contributed by atoms with E-state index in [1.54, 1.807) is 18.2 Å². The molecule has 0 saturated heterocycles. The highest BCUT2D eigenvalue weighted by Crippen LogP contribution is 2.30. The second-order valence-electron chi connectivity index (χ2n) is 4.58. The van der Waals surface area contributed by atoms with Gasteiger partial charge in [0.15, 0.2) is 0 Å². The second kappa shape index (κ2) is 6.15. The van der Waals surface area contributed by atoms with Gasteiger partial charge in [-0.25, -0.2) is 0 Å². The maximum atomic E-state index is 11.0. The Morgan fingerprint density at radius 1 is 1.25 bits per heavy atom. The van der Waals surface area contributed by atoms with Crippen molar-refractivity contribution in [1.82, 2.24) is 0 Å². The number of rotatable bonds is 4. The molecule has 0 radical (unpaired) electrons. The Morgan fingerprint density at radius 2 is 1.95 bits per heavy atom. The molecule has 20 heavy (non-hydrogen) atoms. The number of hydrogen-bond acceptors (Lipinski definition) is 3. The van der Waals surface area contributed by atoms with E-state index in [1.165, 1.54) is 6.07 Å². The molecule has 0 aromatic heterocycles. The van der Waals surface area contributed by atoms with Gasteiger partial charge in [0.2, 0.25) is 0 Å². The van der Waals surface area contributed by atoms with Crippen LogP contribution >= 0.6 is 15.9 Å². The van der Waals surface area contributed by atoms with Crippen LogP contribution in [0.5, 0.6) is 0 Å². The van der Waals surface area contributed by atoms with E-state index in [0.29, 0.717) is 5.56 Å². The normalized spacial score (nSPS) is 12.2. The molecule has 104 valence electrons. The van der Waals surface area contributed by atoms with Crippen molar-refractivity contribution < 1.29 is 10.0 Å². The van der Waals surface area contributed by atoms with Gasteiger partial charge in [-0.05, 0) is 18.1 Å². The van der Waals surface area contributed by atoms with Crippen molar-refractivity contribution in [2.45, 2.75) is 19.4 Å². The molecule has 4 nitrogen and oxygen atoms in total. The molecule has 2 rings (SSSR count). The van der Waals surface area contributed by atoms with Gasteiger partial charge in [0.1, 0.15) is 0 Å². The van der Waals surface area contributed by atoms with Crippen molar-refractivity contribution in [3.63, 3.8) is 0 Å². The van der Waals surface area contributed by atoms with Gasteiger partial charge >= 0.3 is 0 Å². The van der Waals surface area contributed by atoms with Crippen molar-refractivity contribution in [2.75, 3.05) is 0 Å². The molecular weight excluding hydrogens is 322 g/mol. The third-order valence-electron chi connectivity index (χ3n) is 3.18. The van der Waals surface area contributed by atoms with Gasteiger partial charge in [0.05, 0.1) is 11.0 Å². The van der Waals surface area contributed by atoms with Crippen LogP contribution in [0, 0.1) is 17.0 Å². The Bertz CT molecular complexity index is 643. The number of halogens is 1. The molecule has 0 bridgehead atoms. The van der Waals surface area contributed by atoms with Crippen molar-refractivity contribution in [2.24, 2.45) is 0 Å². The van der Waals surface area contributed by atoms with Gasteiger partial charge in [0.25, 0.3) is 5.69 Å². The highest BCUT2D eigenvalue weighted by molar-refractivity contribution is 9.10. The summed E-state index contributed by atoms with van der Waals surface area (Å²) in [5, 5.41) is 21.3. The summed E-state index contributed by atoms with van der Waals surface area (Å²) in [5.74, 6) is 0. The van der Waals surface area contributed by atoms with E-state index in [4.69, 9.17) is 0 Å². The molecule has 0 fully saturated rings. The SMILES string of the molecule is Cc1cccc(C(O)Cc2ccccc2[N+](=O)[O-])c1Br. The third kappa shape index (κ3) is 3.05. The van der Waals surface area contributed by atoms with Crippen LogP contribution < -0.4 is 0 Å². The number of benzene rings is 2. The van der Waals surface area contributed by atoms with Crippen molar-refractivity contribution in [3.05, 3.63) is 73.7 Å². The monoisotopic (exact) mass is 335 g/mol. The minimum atomic E-state index is -0.787. The van der Waals surface area contributed by atoms with E-state index in [9.17, 15) is 15.2 Å². The average Bonchev–Trinajstić information content (AvgIpc) is 2.42. The van der Waals surface area contributed by atoms with Gasteiger partial charge < -0.3 is 5.11 Å². The van der Waals surface area contributed by atoms with E-state index in [2.05, 4.69) is 15.9 Å². The largest absolute Gasteiger partial charge is 0.388 e. The Morgan fingerprint density at radius 3 is 2.65 bits per heavy atom. The first-order chi connectivity index (χ1) is 9.50. The molecule has 1 unspecified atom stereocenters. The molecule has 0 saturated carbocycles. The Balaban J connectivity index is 2.30. The van der Waals surface area contributed by atoms with Gasteiger partial charge in [-0.15, -0.1) is 0 Å². The minimum absolute atomic E-state index is 0.0373. The lowest BCUT2D eigenvalue weighted by atomic mass is 9.99. The summed E-state index contributed by atoms with van der Waals surface area (Å²) in [6, 6.07) is 12.1. The number of nitro groups is 1. The molecule has 5 heteroatoms. The molecule has 0 spiro atoms. The Kier molecular flexibility index (Phi) is 4.52. The highest BCUT2D eigenvalue weighted by atomic mass is 79.9. The van der Waals surface area contributed by atoms with Crippen molar-refractivity contribution in [3.8, 4) is 0 Å². The highest BCUT2D eigenvalue weighted by Gasteiger charge is 2.18. The average molecular weight is 336 g/mol. The van der Waals surface area contributed by atoms with E-state index in [0.717, 1.165) is 15.6 Å². The Hall–Kier alpha value is -1.72.